The van der Waals surface area contributed by atoms with Crippen LogP contribution in [0.1, 0.15) is 22.1 Å². The van der Waals surface area contributed by atoms with Gasteiger partial charge in [0.05, 0.1) is 29.3 Å². The molecule has 7 nitrogen and oxygen atoms in total. The SMILES string of the molecule is COc1ccc(NN2C(=O)c3ccccc3NC2c2coc3ccccc3c2=O)cc1. The van der Waals surface area contributed by atoms with Crippen LogP contribution >= 0.6 is 0 Å². The normalized spacial score (nSPS) is 15.3. The van der Waals surface area contributed by atoms with Crippen molar-refractivity contribution >= 4 is 28.3 Å². The van der Waals surface area contributed by atoms with Gasteiger partial charge in [-0.2, -0.15) is 0 Å². The number of benzene rings is 3. The highest BCUT2D eigenvalue weighted by Gasteiger charge is 2.35. The molecule has 7 heteroatoms. The number of nitrogens with one attached hydrogen (secondary N) is 2. The lowest BCUT2D eigenvalue weighted by Crippen LogP contribution is -2.47. The maximum Gasteiger partial charge on any atom is 0.276 e. The summed E-state index contributed by atoms with van der Waals surface area (Å²) in [5.41, 5.74) is 5.57. The average molecular weight is 413 g/mol. The van der Waals surface area contributed by atoms with Crippen LogP contribution in [0.3, 0.4) is 0 Å². The number of fused-ring (bicyclic) bond motifs is 2. The molecular weight excluding hydrogens is 394 g/mol. The molecule has 1 aliphatic rings. The molecule has 1 amide bonds. The van der Waals surface area contributed by atoms with Crippen LogP contribution in [0.2, 0.25) is 0 Å². The van der Waals surface area contributed by atoms with E-state index in [0.29, 0.717) is 39.2 Å². The zero-order valence-electron chi connectivity index (χ0n) is 16.7. The number of para-hydroxylation sites is 2. The average Bonchev–Trinajstić information content (AvgIpc) is 2.82. The maximum absolute atomic E-state index is 13.4. The zero-order chi connectivity index (χ0) is 21.4. The number of nitrogens with zero attached hydrogens (tertiary/aromatic N) is 1. The van der Waals surface area contributed by atoms with Crippen LogP contribution in [-0.4, -0.2) is 18.0 Å². The van der Waals surface area contributed by atoms with Gasteiger partial charge in [0.25, 0.3) is 5.91 Å². The van der Waals surface area contributed by atoms with Crippen molar-refractivity contribution in [3.05, 3.63) is 100 Å². The van der Waals surface area contributed by atoms with Crippen LogP contribution in [0.15, 0.2) is 88.3 Å². The Morgan fingerprint density at radius 3 is 2.52 bits per heavy atom. The van der Waals surface area contributed by atoms with E-state index in [2.05, 4.69) is 10.7 Å². The molecule has 0 bridgehead atoms. The van der Waals surface area contributed by atoms with Crippen molar-refractivity contribution in [3.8, 4) is 5.75 Å². The molecule has 4 aromatic rings. The monoisotopic (exact) mass is 413 g/mol. The zero-order valence-corrected chi connectivity index (χ0v) is 16.7. The number of hydrogen-bond donors (Lipinski definition) is 2. The quantitative estimate of drug-likeness (QED) is 0.516. The maximum atomic E-state index is 13.4. The van der Waals surface area contributed by atoms with Crippen molar-refractivity contribution in [1.82, 2.24) is 5.01 Å². The highest BCUT2D eigenvalue weighted by atomic mass is 16.5. The van der Waals surface area contributed by atoms with Crippen molar-refractivity contribution in [3.63, 3.8) is 0 Å². The van der Waals surface area contributed by atoms with Gasteiger partial charge < -0.3 is 14.5 Å². The summed E-state index contributed by atoms with van der Waals surface area (Å²) in [6.45, 7) is 0. The lowest BCUT2D eigenvalue weighted by Gasteiger charge is -2.37. The molecule has 1 unspecified atom stereocenters. The summed E-state index contributed by atoms with van der Waals surface area (Å²) in [7, 11) is 1.59. The fraction of sp³-hybridized carbons (Fsp3) is 0.0833. The van der Waals surface area contributed by atoms with Gasteiger partial charge in [-0.1, -0.05) is 24.3 Å². The van der Waals surface area contributed by atoms with Crippen molar-refractivity contribution in [2.45, 2.75) is 6.17 Å². The number of ether oxygens (including phenoxy) is 1. The Bertz CT molecular complexity index is 1330. The molecule has 5 rings (SSSR count). The molecule has 3 aromatic carbocycles. The molecule has 0 radical (unpaired) electrons. The minimum absolute atomic E-state index is 0.201. The molecule has 0 saturated heterocycles. The summed E-state index contributed by atoms with van der Waals surface area (Å²) in [5, 5.41) is 5.16. The molecule has 2 heterocycles. The highest BCUT2D eigenvalue weighted by Crippen LogP contribution is 2.33. The Hall–Kier alpha value is -4.26. The number of methoxy groups -OCH3 is 1. The fourth-order valence-corrected chi connectivity index (χ4v) is 3.67. The molecule has 1 aromatic heterocycles. The van der Waals surface area contributed by atoms with Crippen molar-refractivity contribution in [2.75, 3.05) is 17.9 Å². The first-order chi connectivity index (χ1) is 15.2. The van der Waals surface area contributed by atoms with E-state index in [0.717, 1.165) is 0 Å². The van der Waals surface area contributed by atoms with Gasteiger partial charge in [0, 0.05) is 5.69 Å². The van der Waals surface area contributed by atoms with E-state index in [4.69, 9.17) is 9.15 Å². The Balaban J connectivity index is 1.61. The Labute approximate surface area is 177 Å². The Morgan fingerprint density at radius 2 is 1.71 bits per heavy atom. The largest absolute Gasteiger partial charge is 0.497 e. The van der Waals surface area contributed by atoms with Crippen LogP contribution in [0.5, 0.6) is 5.75 Å². The molecule has 31 heavy (non-hydrogen) atoms. The van der Waals surface area contributed by atoms with Gasteiger partial charge in [-0.25, -0.2) is 5.01 Å². The van der Waals surface area contributed by atoms with E-state index in [-0.39, 0.29) is 11.3 Å². The van der Waals surface area contributed by atoms with E-state index < -0.39 is 6.17 Å². The van der Waals surface area contributed by atoms with Crippen LogP contribution in [0, 0.1) is 0 Å². The van der Waals surface area contributed by atoms with Gasteiger partial charge in [0.15, 0.2) is 11.6 Å². The first kappa shape index (κ1) is 18.7. The number of rotatable bonds is 4. The summed E-state index contributed by atoms with van der Waals surface area (Å²) in [5.74, 6) is 0.438. The number of amides is 1. The standard InChI is InChI=1S/C24H19N3O4/c1-30-16-12-10-15(11-13-16)26-27-23(25-20-8-4-2-6-17(20)24(27)29)19-14-31-21-9-5-3-7-18(21)22(19)28/h2-14,23,25-26H,1H3. The molecule has 0 fully saturated rings. The third-order valence-corrected chi connectivity index (χ3v) is 5.27. The second-order valence-electron chi connectivity index (χ2n) is 7.12. The van der Waals surface area contributed by atoms with Gasteiger partial charge >= 0.3 is 0 Å². The van der Waals surface area contributed by atoms with Crippen LogP contribution in [0.25, 0.3) is 11.0 Å². The first-order valence-electron chi connectivity index (χ1n) is 9.76. The number of hydrogen-bond acceptors (Lipinski definition) is 6. The van der Waals surface area contributed by atoms with Gasteiger partial charge in [-0.05, 0) is 48.5 Å². The van der Waals surface area contributed by atoms with Gasteiger partial charge in [-0.15, -0.1) is 0 Å². The van der Waals surface area contributed by atoms with Crippen molar-refractivity contribution < 1.29 is 13.9 Å². The summed E-state index contributed by atoms with van der Waals surface area (Å²) in [6, 6.07) is 21.4. The summed E-state index contributed by atoms with van der Waals surface area (Å²) in [4.78, 5) is 26.6. The minimum atomic E-state index is -0.773. The van der Waals surface area contributed by atoms with Crippen LogP contribution in [-0.2, 0) is 0 Å². The molecule has 0 spiro atoms. The van der Waals surface area contributed by atoms with Gasteiger partial charge in [0.2, 0.25) is 0 Å². The number of carbonyl (C=O) groups is 1. The Morgan fingerprint density at radius 1 is 0.968 bits per heavy atom. The van der Waals surface area contributed by atoms with E-state index in [1.165, 1.54) is 11.3 Å². The fourth-order valence-electron chi connectivity index (χ4n) is 3.67. The third kappa shape index (κ3) is 3.26. The molecular formula is C24H19N3O4. The highest BCUT2D eigenvalue weighted by molar-refractivity contribution is 6.02. The second-order valence-corrected chi connectivity index (χ2v) is 7.12. The molecule has 1 atom stereocenters. The summed E-state index contributed by atoms with van der Waals surface area (Å²) >= 11 is 0. The predicted octanol–water partition coefficient (Wildman–Crippen LogP) is 4.40. The number of anilines is 2. The molecule has 154 valence electrons. The first-order valence-corrected chi connectivity index (χ1v) is 9.76. The molecule has 0 aliphatic carbocycles. The second kappa shape index (κ2) is 7.53. The topological polar surface area (TPSA) is 83.8 Å². The minimum Gasteiger partial charge on any atom is -0.497 e. The number of carbonyl (C=O) groups excluding carboxylic acids is 1. The van der Waals surface area contributed by atoms with Crippen molar-refractivity contribution in [1.29, 1.82) is 0 Å². The summed E-state index contributed by atoms with van der Waals surface area (Å²) < 4.78 is 10.9. The van der Waals surface area contributed by atoms with E-state index >= 15 is 0 Å². The van der Waals surface area contributed by atoms with Crippen molar-refractivity contribution in [2.24, 2.45) is 0 Å². The van der Waals surface area contributed by atoms with Gasteiger partial charge in [-0.3, -0.25) is 15.0 Å². The van der Waals surface area contributed by atoms with Crippen LogP contribution < -0.4 is 20.9 Å². The predicted molar refractivity (Wildman–Crippen MR) is 118 cm³/mol. The van der Waals surface area contributed by atoms with E-state index in [1.54, 1.807) is 67.8 Å². The van der Waals surface area contributed by atoms with Gasteiger partial charge in [0.1, 0.15) is 17.6 Å². The molecule has 1 aliphatic heterocycles. The smallest absolute Gasteiger partial charge is 0.276 e. The van der Waals surface area contributed by atoms with Crippen LogP contribution in [0.4, 0.5) is 11.4 Å². The lowest BCUT2D eigenvalue weighted by molar-refractivity contribution is 0.0731. The third-order valence-electron chi connectivity index (χ3n) is 5.27. The number of hydrazine groups is 1. The lowest BCUT2D eigenvalue weighted by atomic mass is 10.0. The van der Waals surface area contributed by atoms with E-state index in [1.807, 2.05) is 12.1 Å². The molecule has 2 N–H and O–H groups in total. The Kier molecular flexibility index (Phi) is 4.55. The summed E-state index contributed by atoms with van der Waals surface area (Å²) in [6.07, 6.45) is 0.636. The molecule has 0 saturated carbocycles. The van der Waals surface area contributed by atoms with E-state index in [9.17, 15) is 9.59 Å².